The number of aromatic nitrogens is 4. The predicted molar refractivity (Wildman–Crippen MR) is 105 cm³/mol. The van der Waals surface area contributed by atoms with Crippen molar-refractivity contribution in [2.75, 3.05) is 31.1 Å². The highest BCUT2D eigenvalue weighted by Crippen LogP contribution is 2.28. The summed E-state index contributed by atoms with van der Waals surface area (Å²) in [5.74, 6) is 0.607. The molecule has 6 nitrogen and oxygen atoms in total. The Bertz CT molecular complexity index is 847. The monoisotopic (exact) mass is 388 g/mol. The van der Waals surface area contributed by atoms with Crippen molar-refractivity contribution in [1.82, 2.24) is 25.1 Å². The number of halogens is 2. The number of hydrogen-bond donors (Lipinski definition) is 1. The highest BCUT2D eigenvalue weighted by atomic mass is 35.5. The fourth-order valence-electron chi connectivity index (χ4n) is 3.39. The molecule has 1 atom stereocenters. The summed E-state index contributed by atoms with van der Waals surface area (Å²) in [5.41, 5.74) is 2.87. The van der Waals surface area contributed by atoms with Crippen LogP contribution in [0.15, 0.2) is 49.1 Å². The molecule has 1 aromatic carbocycles. The third-order valence-corrected chi connectivity index (χ3v) is 4.96. The zero-order chi connectivity index (χ0) is 17.9. The van der Waals surface area contributed by atoms with Crippen LogP contribution in [0.3, 0.4) is 0 Å². The topological polar surface area (TPSA) is 60.9 Å². The summed E-state index contributed by atoms with van der Waals surface area (Å²) in [7, 11) is 0. The molecular formula is C19H22ClFN6. The van der Waals surface area contributed by atoms with Crippen LogP contribution in [0.4, 0.5) is 10.2 Å². The molecule has 3 aromatic rings. The van der Waals surface area contributed by atoms with Crippen LogP contribution < -0.4 is 4.90 Å². The normalized spacial score (nSPS) is 16.0. The van der Waals surface area contributed by atoms with E-state index < -0.39 is 0 Å². The summed E-state index contributed by atoms with van der Waals surface area (Å²) >= 11 is 0. The van der Waals surface area contributed by atoms with Gasteiger partial charge in [0, 0.05) is 61.9 Å². The lowest BCUT2D eigenvalue weighted by Crippen LogP contribution is -2.47. The van der Waals surface area contributed by atoms with E-state index in [1.54, 1.807) is 24.5 Å². The molecule has 8 heteroatoms. The van der Waals surface area contributed by atoms with Gasteiger partial charge in [0.15, 0.2) is 5.82 Å². The molecule has 4 rings (SSSR count). The van der Waals surface area contributed by atoms with Crippen LogP contribution in [0.1, 0.15) is 18.5 Å². The summed E-state index contributed by atoms with van der Waals surface area (Å²) in [4.78, 5) is 13.7. The zero-order valence-electron chi connectivity index (χ0n) is 15.0. The van der Waals surface area contributed by atoms with Crippen molar-refractivity contribution in [1.29, 1.82) is 0 Å². The van der Waals surface area contributed by atoms with Gasteiger partial charge in [-0.1, -0.05) is 0 Å². The Labute approximate surface area is 163 Å². The summed E-state index contributed by atoms with van der Waals surface area (Å²) in [6.07, 6.45) is 7.22. The van der Waals surface area contributed by atoms with Crippen molar-refractivity contribution in [3.8, 4) is 11.3 Å². The van der Waals surface area contributed by atoms with E-state index in [-0.39, 0.29) is 18.2 Å². The van der Waals surface area contributed by atoms with Gasteiger partial charge in [0.2, 0.25) is 0 Å². The molecule has 0 amide bonds. The fraction of sp³-hybridized carbons (Fsp3) is 0.316. The second-order valence-corrected chi connectivity index (χ2v) is 6.47. The van der Waals surface area contributed by atoms with Gasteiger partial charge in [-0.3, -0.25) is 15.0 Å². The van der Waals surface area contributed by atoms with Crippen molar-refractivity contribution >= 4 is 18.2 Å². The van der Waals surface area contributed by atoms with Gasteiger partial charge in [0.1, 0.15) is 11.5 Å². The van der Waals surface area contributed by atoms with Gasteiger partial charge in [-0.15, -0.1) is 12.4 Å². The molecule has 0 saturated carbocycles. The first-order valence-electron chi connectivity index (χ1n) is 8.77. The number of hydrogen-bond acceptors (Lipinski definition) is 5. The smallest absolute Gasteiger partial charge is 0.155 e. The van der Waals surface area contributed by atoms with Gasteiger partial charge in [-0.25, -0.2) is 9.37 Å². The van der Waals surface area contributed by atoms with Crippen molar-refractivity contribution in [3.63, 3.8) is 0 Å². The Morgan fingerprint density at radius 3 is 2.41 bits per heavy atom. The van der Waals surface area contributed by atoms with E-state index in [4.69, 9.17) is 0 Å². The minimum atomic E-state index is -0.249. The summed E-state index contributed by atoms with van der Waals surface area (Å²) in [6.45, 7) is 5.81. The van der Waals surface area contributed by atoms with Crippen LogP contribution >= 0.6 is 12.4 Å². The van der Waals surface area contributed by atoms with E-state index in [1.807, 2.05) is 12.4 Å². The van der Waals surface area contributed by atoms with Crippen LogP contribution in [-0.2, 0) is 0 Å². The van der Waals surface area contributed by atoms with Crippen molar-refractivity contribution < 1.29 is 4.39 Å². The molecule has 1 N–H and O–H groups in total. The maximum absolute atomic E-state index is 13.2. The molecule has 0 radical (unpaired) electrons. The molecule has 1 fully saturated rings. The lowest BCUT2D eigenvalue weighted by Gasteiger charge is -2.38. The number of anilines is 1. The molecule has 142 valence electrons. The Kier molecular flexibility index (Phi) is 6.03. The first kappa shape index (κ1) is 19.3. The number of aromatic amines is 1. The van der Waals surface area contributed by atoms with Crippen molar-refractivity contribution in [2.45, 2.75) is 13.0 Å². The molecule has 3 heterocycles. The van der Waals surface area contributed by atoms with Crippen LogP contribution in [0.5, 0.6) is 0 Å². The minimum Gasteiger partial charge on any atom is -0.352 e. The maximum Gasteiger partial charge on any atom is 0.155 e. The van der Waals surface area contributed by atoms with Gasteiger partial charge >= 0.3 is 0 Å². The number of nitrogens with one attached hydrogen (secondary N) is 1. The second kappa shape index (κ2) is 8.45. The number of H-pyrrole nitrogens is 1. The Morgan fingerprint density at radius 1 is 1.04 bits per heavy atom. The van der Waals surface area contributed by atoms with Crippen LogP contribution in [0.2, 0.25) is 0 Å². The average Bonchev–Trinajstić information content (AvgIpc) is 3.23. The molecular weight excluding hydrogens is 367 g/mol. The van der Waals surface area contributed by atoms with E-state index >= 15 is 0 Å². The number of benzene rings is 1. The molecule has 0 spiro atoms. The molecule has 2 aromatic heterocycles. The molecule has 1 unspecified atom stereocenters. The number of nitrogens with zero attached hydrogens (tertiary/aromatic N) is 5. The zero-order valence-corrected chi connectivity index (χ0v) is 15.9. The van der Waals surface area contributed by atoms with Gasteiger partial charge < -0.3 is 4.90 Å². The van der Waals surface area contributed by atoms with E-state index in [1.165, 1.54) is 17.7 Å². The van der Waals surface area contributed by atoms with E-state index in [0.29, 0.717) is 6.04 Å². The van der Waals surface area contributed by atoms with Crippen LogP contribution in [0, 0.1) is 5.82 Å². The molecule has 1 aliphatic heterocycles. The van der Waals surface area contributed by atoms with E-state index in [0.717, 1.165) is 43.3 Å². The first-order valence-corrected chi connectivity index (χ1v) is 8.77. The van der Waals surface area contributed by atoms with Gasteiger partial charge in [0.05, 0.1) is 6.20 Å². The Balaban J connectivity index is 0.00000210. The van der Waals surface area contributed by atoms with E-state index in [2.05, 4.69) is 36.9 Å². The lowest BCUT2D eigenvalue weighted by atomic mass is 10.1. The highest BCUT2D eigenvalue weighted by Gasteiger charge is 2.25. The molecule has 27 heavy (non-hydrogen) atoms. The molecule has 1 saturated heterocycles. The lowest BCUT2D eigenvalue weighted by molar-refractivity contribution is 0.198. The minimum absolute atomic E-state index is 0. The largest absolute Gasteiger partial charge is 0.352 e. The quantitative estimate of drug-likeness (QED) is 0.743. The van der Waals surface area contributed by atoms with Crippen LogP contribution in [-0.4, -0.2) is 51.2 Å². The molecule has 1 aliphatic rings. The standard InChI is InChI=1S/C19H21FN6.ClH/c1-14(16-12-23-24-13-16)25-8-10-26(11-9-25)19-18(21-6-7-22-19)15-2-4-17(20)5-3-15;/h2-7,12-14H,8-11H2,1H3,(H,23,24);1H. The fourth-order valence-corrected chi connectivity index (χ4v) is 3.39. The van der Waals surface area contributed by atoms with Gasteiger partial charge in [-0.05, 0) is 31.2 Å². The van der Waals surface area contributed by atoms with Gasteiger partial charge in [-0.2, -0.15) is 5.10 Å². The maximum atomic E-state index is 13.2. The number of rotatable bonds is 4. The third-order valence-electron chi connectivity index (χ3n) is 4.96. The highest BCUT2D eigenvalue weighted by molar-refractivity contribution is 5.85. The SMILES string of the molecule is CC(c1cn[nH]c1)N1CCN(c2nccnc2-c2ccc(F)cc2)CC1.Cl. The predicted octanol–water partition coefficient (Wildman–Crippen LogP) is 3.31. The Morgan fingerprint density at radius 2 is 1.74 bits per heavy atom. The second-order valence-electron chi connectivity index (χ2n) is 6.47. The molecule has 0 bridgehead atoms. The van der Waals surface area contributed by atoms with Crippen molar-refractivity contribution in [3.05, 3.63) is 60.4 Å². The van der Waals surface area contributed by atoms with Crippen molar-refractivity contribution in [2.24, 2.45) is 0 Å². The first-order chi connectivity index (χ1) is 12.7. The summed E-state index contributed by atoms with van der Waals surface area (Å²) < 4.78 is 13.2. The third kappa shape index (κ3) is 4.09. The summed E-state index contributed by atoms with van der Waals surface area (Å²) in [5, 5.41) is 6.93. The van der Waals surface area contributed by atoms with Crippen LogP contribution in [0.25, 0.3) is 11.3 Å². The molecule has 0 aliphatic carbocycles. The average molecular weight is 389 g/mol. The number of piperazine rings is 1. The van der Waals surface area contributed by atoms with Gasteiger partial charge in [0.25, 0.3) is 0 Å². The summed E-state index contributed by atoms with van der Waals surface area (Å²) in [6, 6.07) is 6.74. The Hall–Kier alpha value is -2.51. The van der Waals surface area contributed by atoms with E-state index in [9.17, 15) is 4.39 Å².